The number of amides is 2. The number of nitrogens with zero attached hydrogens (tertiary/aromatic N) is 1. The zero-order valence-electron chi connectivity index (χ0n) is 21.2. The van der Waals surface area contributed by atoms with Gasteiger partial charge in [-0.05, 0) is 49.2 Å². The first-order chi connectivity index (χ1) is 18.7. The van der Waals surface area contributed by atoms with Crippen molar-refractivity contribution < 1.29 is 28.8 Å². The average Bonchev–Trinajstić information content (AvgIpc) is 3.29. The fourth-order valence-electron chi connectivity index (χ4n) is 3.87. The highest BCUT2D eigenvalue weighted by Gasteiger charge is 2.23. The molecule has 2 unspecified atom stereocenters. The summed E-state index contributed by atoms with van der Waals surface area (Å²) < 4.78 is 10.9. The van der Waals surface area contributed by atoms with Crippen LogP contribution in [0.4, 0.5) is 10.5 Å². The first-order valence-corrected chi connectivity index (χ1v) is 12.5. The molecule has 0 aliphatic carbocycles. The van der Waals surface area contributed by atoms with Crippen molar-refractivity contribution in [2.75, 3.05) is 5.32 Å². The predicted molar refractivity (Wildman–Crippen MR) is 146 cm³/mol. The van der Waals surface area contributed by atoms with Gasteiger partial charge in [-0.15, -0.1) is 0 Å². The maximum Gasteiger partial charge on any atom is 0.412 e. The van der Waals surface area contributed by atoms with Gasteiger partial charge >= 0.3 is 12.1 Å². The van der Waals surface area contributed by atoms with E-state index in [-0.39, 0.29) is 17.7 Å². The molecule has 0 bridgehead atoms. The Hall–Kier alpha value is -4.63. The van der Waals surface area contributed by atoms with E-state index in [1.807, 2.05) is 30.3 Å². The van der Waals surface area contributed by atoms with Crippen molar-refractivity contribution in [2.24, 2.45) is 0 Å². The topological polar surface area (TPSA) is 131 Å². The third-order valence-corrected chi connectivity index (χ3v) is 6.26. The molecule has 1 heterocycles. The van der Waals surface area contributed by atoms with Gasteiger partial charge in [0.1, 0.15) is 23.5 Å². The molecular weight excluding hydrogens is 522 g/mol. The van der Waals surface area contributed by atoms with E-state index in [4.69, 9.17) is 20.9 Å². The molecule has 4 rings (SSSR count). The first kappa shape index (κ1) is 27.4. The minimum absolute atomic E-state index is 0.0989. The number of hydrogen-bond acceptors (Lipinski definition) is 6. The lowest BCUT2D eigenvalue weighted by molar-refractivity contribution is -0.139. The Morgan fingerprint density at radius 3 is 2.31 bits per heavy atom. The van der Waals surface area contributed by atoms with Gasteiger partial charge < -0.3 is 19.7 Å². The van der Waals surface area contributed by atoms with E-state index in [2.05, 4.69) is 15.8 Å². The summed E-state index contributed by atoms with van der Waals surface area (Å²) in [4.78, 5) is 37.1. The number of benzene rings is 3. The fraction of sp³-hybridized carbons (Fsp3) is 0.172. The Labute approximate surface area is 229 Å². The number of aliphatic carboxylic acids is 1. The molecule has 0 saturated carbocycles. The first-order valence-electron chi connectivity index (χ1n) is 12.1. The summed E-state index contributed by atoms with van der Waals surface area (Å²) in [6.07, 6.45) is -1.04. The smallest absolute Gasteiger partial charge is 0.412 e. The van der Waals surface area contributed by atoms with Crippen LogP contribution in [0.25, 0.3) is 11.3 Å². The molecule has 2 atom stereocenters. The summed E-state index contributed by atoms with van der Waals surface area (Å²) in [6, 6.07) is 21.2. The summed E-state index contributed by atoms with van der Waals surface area (Å²) in [7, 11) is 0. The molecule has 3 N–H and O–H groups in total. The SMILES string of the molecule is Cc1noc(-c2ccc(C(=O)NC(Cc3ccc(Cl)cc3)C(=O)O)cc2)c1NC(=O)OC(C)c1ccccc1. The van der Waals surface area contributed by atoms with Gasteiger partial charge in [-0.1, -0.05) is 71.4 Å². The summed E-state index contributed by atoms with van der Waals surface area (Å²) >= 11 is 5.89. The average molecular weight is 548 g/mol. The van der Waals surface area contributed by atoms with Crippen LogP contribution in [0.2, 0.25) is 5.02 Å². The van der Waals surface area contributed by atoms with E-state index in [9.17, 15) is 19.5 Å². The van der Waals surface area contributed by atoms with Gasteiger partial charge in [0.2, 0.25) is 0 Å². The normalized spacial score (nSPS) is 12.3. The van der Waals surface area contributed by atoms with Gasteiger partial charge in [0.15, 0.2) is 5.76 Å². The predicted octanol–water partition coefficient (Wildman–Crippen LogP) is 6.04. The highest BCUT2D eigenvalue weighted by Crippen LogP contribution is 2.31. The summed E-state index contributed by atoms with van der Waals surface area (Å²) in [5.74, 6) is -1.42. The lowest BCUT2D eigenvalue weighted by Gasteiger charge is -2.15. The zero-order chi connectivity index (χ0) is 27.9. The Morgan fingerprint density at radius 2 is 1.67 bits per heavy atom. The minimum atomic E-state index is -1.16. The second-order valence-corrected chi connectivity index (χ2v) is 9.26. The number of carbonyl (C=O) groups is 3. The zero-order valence-corrected chi connectivity index (χ0v) is 21.9. The third-order valence-electron chi connectivity index (χ3n) is 6.01. The molecule has 0 radical (unpaired) electrons. The number of carboxylic acids is 1. The largest absolute Gasteiger partial charge is 0.480 e. The van der Waals surface area contributed by atoms with Crippen LogP contribution in [0.1, 0.15) is 40.2 Å². The summed E-state index contributed by atoms with van der Waals surface area (Å²) in [5.41, 5.74) is 3.16. The second-order valence-electron chi connectivity index (χ2n) is 8.83. The van der Waals surface area contributed by atoms with E-state index < -0.39 is 30.1 Å². The van der Waals surface area contributed by atoms with Crippen LogP contribution in [0.3, 0.4) is 0 Å². The molecule has 0 aliphatic heterocycles. The van der Waals surface area contributed by atoms with E-state index >= 15 is 0 Å². The molecule has 2 amide bonds. The molecule has 3 aromatic carbocycles. The molecule has 0 aliphatic rings. The van der Waals surface area contributed by atoms with Crippen LogP contribution in [0.15, 0.2) is 83.4 Å². The van der Waals surface area contributed by atoms with Gasteiger partial charge in [0, 0.05) is 22.6 Å². The molecule has 10 heteroatoms. The number of halogens is 1. The van der Waals surface area contributed by atoms with Crippen LogP contribution >= 0.6 is 11.6 Å². The lowest BCUT2D eigenvalue weighted by Crippen LogP contribution is -2.42. The van der Waals surface area contributed by atoms with E-state index in [0.29, 0.717) is 22.0 Å². The molecule has 0 spiro atoms. The Balaban J connectivity index is 1.43. The standard InChI is InChI=1S/C29H26ClN3O6/c1-17-25(32-29(37)38-18(2)20-6-4-3-5-7-20)26(39-33-17)21-10-12-22(13-11-21)27(34)31-24(28(35)36)16-19-8-14-23(30)15-9-19/h3-15,18,24H,16H2,1-2H3,(H,31,34)(H,32,37)(H,35,36). The van der Waals surface area contributed by atoms with Crippen molar-refractivity contribution in [1.82, 2.24) is 10.5 Å². The number of aromatic nitrogens is 1. The van der Waals surface area contributed by atoms with Crippen molar-refractivity contribution in [2.45, 2.75) is 32.4 Å². The monoisotopic (exact) mass is 547 g/mol. The van der Waals surface area contributed by atoms with Crippen molar-refractivity contribution in [3.05, 3.63) is 106 Å². The van der Waals surface area contributed by atoms with Crippen LogP contribution in [0.5, 0.6) is 0 Å². The number of ether oxygens (including phenoxy) is 1. The Kier molecular flexibility index (Phi) is 8.63. The Morgan fingerprint density at radius 1 is 1.00 bits per heavy atom. The number of rotatable bonds is 9. The maximum atomic E-state index is 12.8. The number of hydrogen-bond donors (Lipinski definition) is 3. The molecule has 9 nitrogen and oxygen atoms in total. The van der Waals surface area contributed by atoms with Crippen molar-refractivity contribution in [1.29, 1.82) is 0 Å². The van der Waals surface area contributed by atoms with Gasteiger partial charge in [-0.25, -0.2) is 9.59 Å². The summed E-state index contributed by atoms with van der Waals surface area (Å²) in [6.45, 7) is 3.45. The lowest BCUT2D eigenvalue weighted by atomic mass is 10.0. The minimum Gasteiger partial charge on any atom is -0.480 e. The summed E-state index contributed by atoms with van der Waals surface area (Å²) in [5, 5.41) is 19.3. The number of anilines is 1. The van der Waals surface area contributed by atoms with Gasteiger partial charge in [0.25, 0.3) is 5.91 Å². The molecule has 1 aromatic heterocycles. The second kappa shape index (κ2) is 12.3. The van der Waals surface area contributed by atoms with Crippen LogP contribution in [-0.2, 0) is 16.0 Å². The van der Waals surface area contributed by atoms with Crippen molar-refractivity contribution in [3.63, 3.8) is 0 Å². The molecule has 0 saturated heterocycles. The quantitative estimate of drug-likeness (QED) is 0.233. The van der Waals surface area contributed by atoms with Crippen molar-refractivity contribution in [3.8, 4) is 11.3 Å². The molecule has 0 fully saturated rings. The maximum absolute atomic E-state index is 12.8. The highest BCUT2D eigenvalue weighted by molar-refractivity contribution is 6.30. The molecule has 39 heavy (non-hydrogen) atoms. The van der Waals surface area contributed by atoms with E-state index in [1.54, 1.807) is 50.2 Å². The fourth-order valence-corrected chi connectivity index (χ4v) is 3.99. The Bertz CT molecular complexity index is 1450. The number of carbonyl (C=O) groups excluding carboxylic acids is 2. The van der Waals surface area contributed by atoms with E-state index in [0.717, 1.165) is 11.1 Å². The third kappa shape index (κ3) is 7.03. The molecule has 4 aromatic rings. The van der Waals surface area contributed by atoms with Gasteiger partial charge in [-0.2, -0.15) is 0 Å². The molecule has 200 valence electrons. The van der Waals surface area contributed by atoms with Gasteiger partial charge in [-0.3, -0.25) is 10.1 Å². The number of aryl methyl sites for hydroxylation is 1. The van der Waals surface area contributed by atoms with Crippen molar-refractivity contribution >= 4 is 35.3 Å². The van der Waals surface area contributed by atoms with Gasteiger partial charge in [0.05, 0.1) is 0 Å². The van der Waals surface area contributed by atoms with Crippen LogP contribution in [0, 0.1) is 6.92 Å². The number of nitrogens with one attached hydrogen (secondary N) is 2. The van der Waals surface area contributed by atoms with Crippen LogP contribution in [-0.4, -0.2) is 34.3 Å². The van der Waals surface area contributed by atoms with E-state index in [1.165, 1.54) is 12.1 Å². The molecular formula is C29H26ClN3O6. The van der Waals surface area contributed by atoms with Crippen LogP contribution < -0.4 is 10.6 Å². The highest BCUT2D eigenvalue weighted by atomic mass is 35.5. The number of carboxylic acid groups (broad SMARTS) is 1.